The minimum absolute atomic E-state index is 0.328. The summed E-state index contributed by atoms with van der Waals surface area (Å²) >= 11 is 0. The SMILES string of the molecule is O=C1NC(=O)c2cc(NCCN3CCOCC3)cc3cccc1c23. The molecule has 1 fully saturated rings. The van der Waals surface area contributed by atoms with Crippen LogP contribution >= 0.6 is 0 Å². The van der Waals surface area contributed by atoms with Crippen LogP contribution in [0, 0.1) is 0 Å². The van der Waals surface area contributed by atoms with Crippen LogP contribution in [0.15, 0.2) is 30.3 Å². The summed E-state index contributed by atoms with van der Waals surface area (Å²) in [7, 11) is 0. The van der Waals surface area contributed by atoms with E-state index in [1.165, 1.54) is 0 Å². The van der Waals surface area contributed by atoms with Crippen molar-refractivity contribution in [1.82, 2.24) is 10.2 Å². The molecule has 0 aliphatic carbocycles. The molecule has 2 aromatic carbocycles. The first-order valence-electron chi connectivity index (χ1n) is 8.19. The van der Waals surface area contributed by atoms with E-state index in [9.17, 15) is 9.59 Å². The molecule has 6 heteroatoms. The Labute approximate surface area is 139 Å². The molecule has 2 amide bonds. The first-order chi connectivity index (χ1) is 11.7. The maximum atomic E-state index is 12.2. The molecule has 24 heavy (non-hydrogen) atoms. The fraction of sp³-hybridized carbons (Fsp3) is 0.333. The number of benzene rings is 2. The summed E-state index contributed by atoms with van der Waals surface area (Å²) in [6, 6.07) is 9.34. The lowest BCUT2D eigenvalue weighted by Gasteiger charge is -2.26. The van der Waals surface area contributed by atoms with E-state index in [0.717, 1.165) is 55.9 Å². The fourth-order valence-corrected chi connectivity index (χ4v) is 3.32. The third-order valence-corrected chi connectivity index (χ3v) is 4.55. The van der Waals surface area contributed by atoms with E-state index in [-0.39, 0.29) is 11.8 Å². The zero-order valence-corrected chi connectivity index (χ0v) is 13.3. The van der Waals surface area contributed by atoms with Crippen LogP contribution in [0.5, 0.6) is 0 Å². The highest BCUT2D eigenvalue weighted by molar-refractivity contribution is 6.26. The Morgan fingerprint density at radius 3 is 2.71 bits per heavy atom. The largest absolute Gasteiger partial charge is 0.384 e. The summed E-state index contributed by atoms with van der Waals surface area (Å²) in [6.07, 6.45) is 0. The van der Waals surface area contributed by atoms with Crippen LogP contribution in [0.4, 0.5) is 5.69 Å². The van der Waals surface area contributed by atoms with Gasteiger partial charge in [-0.05, 0) is 23.6 Å². The molecule has 2 N–H and O–H groups in total. The highest BCUT2D eigenvalue weighted by Crippen LogP contribution is 2.29. The number of imide groups is 1. The lowest BCUT2D eigenvalue weighted by atomic mass is 9.94. The van der Waals surface area contributed by atoms with Crippen molar-refractivity contribution < 1.29 is 14.3 Å². The van der Waals surface area contributed by atoms with Gasteiger partial charge in [0.25, 0.3) is 11.8 Å². The van der Waals surface area contributed by atoms with E-state index in [1.54, 1.807) is 6.07 Å². The average molecular weight is 325 g/mol. The number of hydrogen-bond donors (Lipinski definition) is 2. The molecule has 0 atom stereocenters. The summed E-state index contributed by atoms with van der Waals surface area (Å²) in [5.74, 6) is -0.661. The second-order valence-corrected chi connectivity index (χ2v) is 6.09. The van der Waals surface area contributed by atoms with Crippen LogP contribution < -0.4 is 10.6 Å². The van der Waals surface area contributed by atoms with Crippen LogP contribution in [0.3, 0.4) is 0 Å². The molecule has 124 valence electrons. The van der Waals surface area contributed by atoms with Gasteiger partial charge in [0.15, 0.2) is 0 Å². The number of ether oxygens (including phenoxy) is 1. The van der Waals surface area contributed by atoms with Crippen molar-refractivity contribution >= 4 is 28.3 Å². The number of carbonyl (C=O) groups excluding carboxylic acids is 2. The second kappa shape index (κ2) is 6.22. The number of anilines is 1. The monoisotopic (exact) mass is 325 g/mol. The van der Waals surface area contributed by atoms with Crippen molar-refractivity contribution in [1.29, 1.82) is 0 Å². The summed E-state index contributed by atoms with van der Waals surface area (Å²) in [5.41, 5.74) is 2.01. The molecule has 0 unspecified atom stereocenters. The molecule has 0 bridgehead atoms. The smallest absolute Gasteiger partial charge is 0.258 e. The third kappa shape index (κ3) is 2.74. The molecule has 4 rings (SSSR count). The van der Waals surface area contributed by atoms with Crippen molar-refractivity contribution in [3.63, 3.8) is 0 Å². The molecule has 0 radical (unpaired) electrons. The second-order valence-electron chi connectivity index (χ2n) is 6.09. The average Bonchev–Trinajstić information content (AvgIpc) is 2.60. The van der Waals surface area contributed by atoms with Crippen molar-refractivity contribution in [3.8, 4) is 0 Å². The molecule has 2 aliphatic rings. The van der Waals surface area contributed by atoms with E-state index in [2.05, 4.69) is 15.5 Å². The maximum absolute atomic E-state index is 12.2. The van der Waals surface area contributed by atoms with Crippen LogP contribution in [-0.2, 0) is 4.74 Å². The Balaban J connectivity index is 1.57. The van der Waals surface area contributed by atoms with Crippen LogP contribution in [0.2, 0.25) is 0 Å². The van der Waals surface area contributed by atoms with Gasteiger partial charge in [-0.2, -0.15) is 0 Å². The van der Waals surface area contributed by atoms with Gasteiger partial charge < -0.3 is 10.1 Å². The Kier molecular flexibility index (Phi) is 3.92. The quantitative estimate of drug-likeness (QED) is 0.833. The Morgan fingerprint density at radius 2 is 1.88 bits per heavy atom. The number of morpholine rings is 1. The lowest BCUT2D eigenvalue weighted by Crippen LogP contribution is -2.39. The number of nitrogens with zero attached hydrogens (tertiary/aromatic N) is 1. The lowest BCUT2D eigenvalue weighted by molar-refractivity contribution is 0.0398. The highest BCUT2D eigenvalue weighted by atomic mass is 16.5. The Morgan fingerprint density at radius 1 is 1.08 bits per heavy atom. The van der Waals surface area contributed by atoms with Gasteiger partial charge in [0, 0.05) is 42.8 Å². The normalized spacial score (nSPS) is 17.8. The first-order valence-corrected chi connectivity index (χ1v) is 8.19. The van der Waals surface area contributed by atoms with Gasteiger partial charge in [-0.15, -0.1) is 0 Å². The van der Waals surface area contributed by atoms with Gasteiger partial charge in [0.2, 0.25) is 0 Å². The minimum Gasteiger partial charge on any atom is -0.384 e. The fourth-order valence-electron chi connectivity index (χ4n) is 3.32. The van der Waals surface area contributed by atoms with Gasteiger partial charge >= 0.3 is 0 Å². The van der Waals surface area contributed by atoms with Crippen molar-refractivity contribution in [2.24, 2.45) is 0 Å². The molecule has 1 saturated heterocycles. The molecular weight excluding hydrogens is 306 g/mol. The van der Waals surface area contributed by atoms with Crippen molar-refractivity contribution in [3.05, 3.63) is 41.5 Å². The number of carbonyl (C=O) groups is 2. The molecule has 0 aromatic heterocycles. The third-order valence-electron chi connectivity index (χ3n) is 4.55. The van der Waals surface area contributed by atoms with E-state index in [1.807, 2.05) is 24.3 Å². The molecule has 2 heterocycles. The topological polar surface area (TPSA) is 70.7 Å². The summed E-state index contributed by atoms with van der Waals surface area (Å²) in [6.45, 7) is 5.22. The standard InChI is InChI=1S/C18H19N3O3/c22-17-14-3-1-2-12-10-13(11-15(16(12)14)18(23)20-17)19-4-5-21-6-8-24-9-7-21/h1-3,10-11,19H,4-9H2,(H,20,22,23). The van der Waals surface area contributed by atoms with E-state index >= 15 is 0 Å². The number of hydrogen-bond acceptors (Lipinski definition) is 5. The number of amides is 2. The van der Waals surface area contributed by atoms with Gasteiger partial charge in [0.1, 0.15) is 0 Å². The van der Waals surface area contributed by atoms with E-state index < -0.39 is 0 Å². The van der Waals surface area contributed by atoms with Crippen molar-refractivity contribution in [2.75, 3.05) is 44.7 Å². The maximum Gasteiger partial charge on any atom is 0.258 e. The van der Waals surface area contributed by atoms with E-state index in [0.29, 0.717) is 11.1 Å². The summed E-state index contributed by atoms with van der Waals surface area (Å²) < 4.78 is 5.35. The molecule has 6 nitrogen and oxygen atoms in total. The van der Waals surface area contributed by atoms with Crippen LogP contribution in [-0.4, -0.2) is 56.1 Å². The minimum atomic E-state index is -0.333. The van der Waals surface area contributed by atoms with Crippen LogP contribution in [0.1, 0.15) is 20.7 Å². The number of rotatable bonds is 4. The van der Waals surface area contributed by atoms with Gasteiger partial charge in [-0.3, -0.25) is 19.8 Å². The molecule has 2 aliphatic heterocycles. The predicted molar refractivity (Wildman–Crippen MR) is 91.5 cm³/mol. The Bertz CT molecular complexity index is 813. The summed E-state index contributed by atoms with van der Waals surface area (Å²) in [4.78, 5) is 26.5. The predicted octanol–water partition coefficient (Wildman–Crippen LogP) is 1.47. The summed E-state index contributed by atoms with van der Waals surface area (Å²) in [5, 5.41) is 7.43. The highest BCUT2D eigenvalue weighted by Gasteiger charge is 2.25. The molecule has 2 aromatic rings. The van der Waals surface area contributed by atoms with Gasteiger partial charge in [-0.25, -0.2) is 0 Å². The van der Waals surface area contributed by atoms with E-state index in [4.69, 9.17) is 4.74 Å². The zero-order chi connectivity index (χ0) is 16.5. The van der Waals surface area contributed by atoms with Crippen LogP contribution in [0.25, 0.3) is 10.8 Å². The van der Waals surface area contributed by atoms with Gasteiger partial charge in [0.05, 0.1) is 18.8 Å². The molecular formula is C18H19N3O3. The Hall–Kier alpha value is -2.44. The van der Waals surface area contributed by atoms with Gasteiger partial charge in [-0.1, -0.05) is 12.1 Å². The zero-order valence-electron chi connectivity index (χ0n) is 13.3. The molecule has 0 spiro atoms. The molecule has 0 saturated carbocycles. The number of nitrogens with one attached hydrogen (secondary N) is 2. The van der Waals surface area contributed by atoms with Crippen molar-refractivity contribution in [2.45, 2.75) is 0 Å². The first kappa shape index (κ1) is 15.1.